The van der Waals surface area contributed by atoms with Gasteiger partial charge in [-0.05, 0) is 41.5 Å². The third kappa shape index (κ3) is 3.92. The average Bonchev–Trinajstić information content (AvgIpc) is 3.54. The minimum Gasteiger partial charge on any atom is -0.459 e. The zero-order valence-corrected chi connectivity index (χ0v) is 17.3. The molecule has 3 heterocycles. The second kappa shape index (κ2) is 8.55. The maximum atomic E-state index is 13.1. The number of amides is 1. The fraction of sp³-hybridized carbons (Fsp3) is 0.160. The number of benzene rings is 2. The van der Waals surface area contributed by atoms with E-state index in [1.807, 2.05) is 66.9 Å². The molecule has 160 valence electrons. The number of esters is 1. The number of aromatic nitrogens is 2. The number of furan rings is 1. The van der Waals surface area contributed by atoms with Crippen LogP contribution in [0.25, 0.3) is 5.69 Å². The van der Waals surface area contributed by atoms with Gasteiger partial charge < -0.3 is 14.1 Å². The van der Waals surface area contributed by atoms with Crippen LogP contribution in [0.15, 0.2) is 89.7 Å². The lowest BCUT2D eigenvalue weighted by atomic mass is 9.93. The first-order valence-corrected chi connectivity index (χ1v) is 10.4. The molecule has 0 fully saturated rings. The van der Waals surface area contributed by atoms with Gasteiger partial charge in [0.25, 0.3) is 5.91 Å². The number of ether oxygens (including phenoxy) is 1. The maximum absolute atomic E-state index is 13.1. The quantitative estimate of drug-likeness (QED) is 0.453. The van der Waals surface area contributed by atoms with Gasteiger partial charge in [-0.1, -0.05) is 42.5 Å². The normalized spacial score (nSPS) is 15.2. The Balaban J connectivity index is 1.33. The Labute approximate surface area is 184 Å². The van der Waals surface area contributed by atoms with E-state index in [1.54, 1.807) is 16.8 Å². The van der Waals surface area contributed by atoms with Gasteiger partial charge in [-0.25, -0.2) is 9.48 Å². The molecule has 5 rings (SSSR count). The number of nitrogens with zero attached hydrogens (tertiary/aromatic N) is 3. The predicted octanol–water partition coefficient (Wildman–Crippen LogP) is 3.78. The van der Waals surface area contributed by atoms with E-state index in [0.29, 0.717) is 18.7 Å². The fourth-order valence-electron chi connectivity index (χ4n) is 3.89. The predicted molar refractivity (Wildman–Crippen MR) is 116 cm³/mol. The molecular weight excluding hydrogens is 406 g/mol. The molecule has 0 bridgehead atoms. The van der Waals surface area contributed by atoms with Crippen molar-refractivity contribution in [1.82, 2.24) is 14.7 Å². The number of hydrogen-bond acceptors (Lipinski definition) is 5. The highest BCUT2D eigenvalue weighted by atomic mass is 16.5. The first-order valence-electron chi connectivity index (χ1n) is 10.4. The summed E-state index contributed by atoms with van der Waals surface area (Å²) in [5.41, 5.74) is 3.59. The van der Waals surface area contributed by atoms with E-state index in [1.165, 1.54) is 11.2 Å². The first kappa shape index (κ1) is 19.8. The van der Waals surface area contributed by atoms with Crippen molar-refractivity contribution < 1.29 is 18.7 Å². The summed E-state index contributed by atoms with van der Waals surface area (Å²) in [7, 11) is 0. The van der Waals surface area contributed by atoms with Gasteiger partial charge in [-0.3, -0.25) is 4.79 Å². The summed E-state index contributed by atoms with van der Waals surface area (Å²) in [6.45, 7) is 0.345. The van der Waals surface area contributed by atoms with Crippen LogP contribution in [0.2, 0.25) is 0 Å². The third-order valence-corrected chi connectivity index (χ3v) is 5.54. The average molecular weight is 427 g/mol. The molecule has 0 radical (unpaired) electrons. The number of hydrogen-bond donors (Lipinski definition) is 0. The molecule has 2 aromatic heterocycles. The Kier molecular flexibility index (Phi) is 5.29. The fourth-order valence-corrected chi connectivity index (χ4v) is 3.89. The standard InChI is InChI=1S/C25H21N3O4/c29-24(23-11-6-14-31-23)27-16-19-8-5-4-7-18(19)15-22(27)25(30)32-17-20-12-13-28(26-20)21-9-2-1-3-10-21/h1-14,22H,15-17H2/t22-/m0/s1. The van der Waals surface area contributed by atoms with Crippen LogP contribution < -0.4 is 0 Å². The molecule has 32 heavy (non-hydrogen) atoms. The van der Waals surface area contributed by atoms with E-state index in [2.05, 4.69) is 5.10 Å². The third-order valence-electron chi connectivity index (χ3n) is 5.54. The topological polar surface area (TPSA) is 77.6 Å². The summed E-state index contributed by atoms with van der Waals surface area (Å²) in [5.74, 6) is -0.600. The molecule has 4 aromatic rings. The van der Waals surface area contributed by atoms with E-state index in [4.69, 9.17) is 9.15 Å². The molecule has 1 aliphatic rings. The molecule has 0 saturated heterocycles. The molecule has 1 atom stereocenters. The number of rotatable bonds is 5. The SMILES string of the molecule is O=C(OCc1ccn(-c2ccccc2)n1)[C@@H]1Cc2ccccc2CN1C(=O)c1ccco1. The molecule has 2 aromatic carbocycles. The lowest BCUT2D eigenvalue weighted by Gasteiger charge is -2.34. The van der Waals surface area contributed by atoms with Crippen molar-refractivity contribution in [3.63, 3.8) is 0 Å². The Morgan fingerprint density at radius 3 is 2.53 bits per heavy atom. The van der Waals surface area contributed by atoms with Gasteiger partial charge in [0.05, 0.1) is 12.0 Å². The van der Waals surface area contributed by atoms with Crippen LogP contribution in [0.1, 0.15) is 27.4 Å². The second-order valence-corrected chi connectivity index (χ2v) is 7.59. The Morgan fingerprint density at radius 2 is 1.75 bits per heavy atom. The minimum absolute atomic E-state index is 0.0274. The highest BCUT2D eigenvalue weighted by molar-refractivity contribution is 5.95. The van der Waals surface area contributed by atoms with Gasteiger partial charge in [-0.2, -0.15) is 5.10 Å². The van der Waals surface area contributed by atoms with Gasteiger partial charge in [0, 0.05) is 19.2 Å². The van der Waals surface area contributed by atoms with Crippen molar-refractivity contribution in [2.24, 2.45) is 0 Å². The van der Waals surface area contributed by atoms with Crippen LogP contribution >= 0.6 is 0 Å². The van der Waals surface area contributed by atoms with Gasteiger partial charge >= 0.3 is 5.97 Å². The van der Waals surface area contributed by atoms with Crippen molar-refractivity contribution in [1.29, 1.82) is 0 Å². The number of fused-ring (bicyclic) bond motifs is 1. The van der Waals surface area contributed by atoms with E-state index < -0.39 is 12.0 Å². The first-order chi connectivity index (χ1) is 15.7. The molecule has 1 amide bonds. The van der Waals surface area contributed by atoms with E-state index >= 15 is 0 Å². The Morgan fingerprint density at radius 1 is 0.969 bits per heavy atom. The van der Waals surface area contributed by atoms with Crippen molar-refractivity contribution in [3.8, 4) is 5.69 Å². The number of carbonyl (C=O) groups excluding carboxylic acids is 2. The number of para-hydroxylation sites is 1. The Hall–Kier alpha value is -4.13. The molecule has 7 heteroatoms. The van der Waals surface area contributed by atoms with Crippen LogP contribution in [0.3, 0.4) is 0 Å². The molecule has 0 aliphatic carbocycles. The smallest absolute Gasteiger partial charge is 0.329 e. The molecule has 0 N–H and O–H groups in total. The summed E-state index contributed by atoms with van der Waals surface area (Å²) in [6.07, 6.45) is 3.66. The van der Waals surface area contributed by atoms with Crippen molar-refractivity contribution >= 4 is 11.9 Å². The monoisotopic (exact) mass is 427 g/mol. The van der Waals surface area contributed by atoms with Gasteiger partial charge in [-0.15, -0.1) is 0 Å². The zero-order valence-electron chi connectivity index (χ0n) is 17.3. The summed E-state index contributed by atoms with van der Waals surface area (Å²) in [4.78, 5) is 27.6. The Bertz CT molecular complexity index is 1230. The second-order valence-electron chi connectivity index (χ2n) is 7.59. The van der Waals surface area contributed by atoms with E-state index in [0.717, 1.165) is 16.8 Å². The van der Waals surface area contributed by atoms with Crippen molar-refractivity contribution in [3.05, 3.63) is 108 Å². The lowest BCUT2D eigenvalue weighted by Crippen LogP contribution is -2.49. The minimum atomic E-state index is -0.737. The number of carbonyl (C=O) groups is 2. The summed E-state index contributed by atoms with van der Waals surface area (Å²) < 4.78 is 12.6. The molecule has 0 saturated carbocycles. The largest absolute Gasteiger partial charge is 0.459 e. The highest BCUT2D eigenvalue weighted by Gasteiger charge is 2.37. The van der Waals surface area contributed by atoms with Gasteiger partial charge in [0.15, 0.2) is 5.76 Å². The van der Waals surface area contributed by atoms with Crippen LogP contribution in [0, 0.1) is 0 Å². The van der Waals surface area contributed by atoms with Crippen LogP contribution in [0.5, 0.6) is 0 Å². The molecule has 1 aliphatic heterocycles. The van der Waals surface area contributed by atoms with E-state index in [-0.39, 0.29) is 18.3 Å². The van der Waals surface area contributed by atoms with E-state index in [9.17, 15) is 9.59 Å². The van der Waals surface area contributed by atoms with Crippen LogP contribution in [-0.4, -0.2) is 32.6 Å². The van der Waals surface area contributed by atoms with Crippen LogP contribution in [0.4, 0.5) is 0 Å². The van der Waals surface area contributed by atoms with Crippen molar-refractivity contribution in [2.75, 3.05) is 0 Å². The molecular formula is C25H21N3O4. The molecule has 7 nitrogen and oxygen atoms in total. The van der Waals surface area contributed by atoms with Crippen molar-refractivity contribution in [2.45, 2.75) is 25.6 Å². The summed E-state index contributed by atoms with van der Waals surface area (Å²) in [5, 5.41) is 4.47. The van der Waals surface area contributed by atoms with Crippen LogP contribution in [-0.2, 0) is 29.1 Å². The highest BCUT2D eigenvalue weighted by Crippen LogP contribution is 2.26. The lowest BCUT2D eigenvalue weighted by molar-refractivity contribution is -0.151. The van der Waals surface area contributed by atoms with Gasteiger partial charge in [0.2, 0.25) is 0 Å². The summed E-state index contributed by atoms with van der Waals surface area (Å²) >= 11 is 0. The summed E-state index contributed by atoms with van der Waals surface area (Å²) in [6, 6.07) is 21.8. The maximum Gasteiger partial charge on any atom is 0.329 e. The molecule has 0 spiro atoms. The molecule has 0 unspecified atom stereocenters. The zero-order chi connectivity index (χ0) is 21.9. The van der Waals surface area contributed by atoms with Gasteiger partial charge in [0.1, 0.15) is 18.3 Å².